The van der Waals surface area contributed by atoms with Gasteiger partial charge in [0.1, 0.15) is 0 Å². The van der Waals surface area contributed by atoms with Crippen LogP contribution in [0.3, 0.4) is 0 Å². The summed E-state index contributed by atoms with van der Waals surface area (Å²) in [7, 11) is 1.81. The molecule has 2 N–H and O–H groups in total. The summed E-state index contributed by atoms with van der Waals surface area (Å²) in [6.45, 7) is 3.82. The van der Waals surface area contributed by atoms with E-state index in [1.807, 2.05) is 7.11 Å². The lowest BCUT2D eigenvalue weighted by Crippen LogP contribution is -2.38. The summed E-state index contributed by atoms with van der Waals surface area (Å²) >= 11 is 0. The highest BCUT2D eigenvalue weighted by Crippen LogP contribution is 2.17. The molecule has 0 amide bonds. The maximum atomic E-state index is 5.77. The van der Waals surface area contributed by atoms with Gasteiger partial charge in [0.25, 0.3) is 0 Å². The summed E-state index contributed by atoms with van der Waals surface area (Å²) in [4.78, 5) is 2.46. The molecule has 94 valence electrons. The second kappa shape index (κ2) is 6.15. The maximum Gasteiger partial charge on any atom is 0.0698 e. The Hall–Kier alpha value is -0.900. The monoisotopic (exact) mass is 234 g/mol. The normalized spacial score (nSPS) is 21.6. The number of rotatable bonds is 4. The van der Waals surface area contributed by atoms with E-state index >= 15 is 0 Å². The largest absolute Gasteiger partial charge is 0.380 e. The summed E-state index contributed by atoms with van der Waals surface area (Å²) in [6.07, 6.45) is 2.81. The summed E-state index contributed by atoms with van der Waals surface area (Å²) in [6, 6.07) is 8.44. The number of ether oxygens (including phenoxy) is 1. The minimum atomic E-state index is 0.397. The Morgan fingerprint density at radius 3 is 2.82 bits per heavy atom. The van der Waals surface area contributed by atoms with Gasteiger partial charge in [0, 0.05) is 26.7 Å². The Morgan fingerprint density at radius 1 is 1.35 bits per heavy atom. The van der Waals surface area contributed by atoms with Crippen LogP contribution in [0.1, 0.15) is 24.0 Å². The molecule has 3 nitrogen and oxygen atoms in total. The van der Waals surface area contributed by atoms with Gasteiger partial charge in [-0.1, -0.05) is 24.3 Å². The topological polar surface area (TPSA) is 38.5 Å². The van der Waals surface area contributed by atoms with E-state index in [1.165, 1.54) is 30.5 Å². The van der Waals surface area contributed by atoms with Gasteiger partial charge >= 0.3 is 0 Å². The predicted molar refractivity (Wildman–Crippen MR) is 69.6 cm³/mol. The number of hydrogen-bond donors (Lipinski definition) is 1. The zero-order valence-electron chi connectivity index (χ0n) is 10.6. The van der Waals surface area contributed by atoms with Gasteiger partial charge in [-0.25, -0.2) is 0 Å². The van der Waals surface area contributed by atoms with Crippen molar-refractivity contribution in [1.29, 1.82) is 0 Å². The highest BCUT2D eigenvalue weighted by atomic mass is 16.5. The van der Waals surface area contributed by atoms with Crippen molar-refractivity contribution in [2.45, 2.75) is 32.0 Å². The first-order valence-electron chi connectivity index (χ1n) is 6.35. The Kier molecular flexibility index (Phi) is 4.54. The minimum absolute atomic E-state index is 0.397. The Labute approximate surface area is 104 Å². The molecule has 1 saturated heterocycles. The van der Waals surface area contributed by atoms with Crippen molar-refractivity contribution in [1.82, 2.24) is 4.90 Å². The minimum Gasteiger partial charge on any atom is -0.380 e. The number of piperidine rings is 1. The van der Waals surface area contributed by atoms with Crippen molar-refractivity contribution in [2.75, 3.05) is 20.2 Å². The fourth-order valence-electron chi connectivity index (χ4n) is 2.50. The van der Waals surface area contributed by atoms with Crippen LogP contribution in [-0.2, 0) is 17.8 Å². The highest BCUT2D eigenvalue weighted by molar-refractivity contribution is 5.26. The van der Waals surface area contributed by atoms with E-state index in [-0.39, 0.29) is 0 Å². The Balaban J connectivity index is 2.00. The van der Waals surface area contributed by atoms with Crippen LogP contribution in [0.2, 0.25) is 0 Å². The van der Waals surface area contributed by atoms with Crippen molar-refractivity contribution in [3.8, 4) is 0 Å². The van der Waals surface area contributed by atoms with E-state index in [1.54, 1.807) is 0 Å². The summed E-state index contributed by atoms with van der Waals surface area (Å²) in [5.41, 5.74) is 8.38. The maximum absolute atomic E-state index is 5.77. The number of nitrogens with two attached hydrogens (primary N) is 1. The van der Waals surface area contributed by atoms with Crippen molar-refractivity contribution >= 4 is 0 Å². The molecule has 1 aliphatic rings. The summed E-state index contributed by atoms with van der Waals surface area (Å²) < 4.78 is 5.45. The third-order valence-corrected chi connectivity index (χ3v) is 3.53. The van der Waals surface area contributed by atoms with E-state index in [2.05, 4.69) is 29.2 Å². The van der Waals surface area contributed by atoms with Gasteiger partial charge in [-0.2, -0.15) is 0 Å². The average molecular weight is 234 g/mol. The summed E-state index contributed by atoms with van der Waals surface area (Å²) in [5.74, 6) is 0. The molecule has 0 radical (unpaired) electrons. The summed E-state index contributed by atoms with van der Waals surface area (Å²) in [5, 5.41) is 0. The SMILES string of the molecule is COC1CCCN(Cc2ccccc2CN)C1. The quantitative estimate of drug-likeness (QED) is 0.862. The molecule has 1 fully saturated rings. The van der Waals surface area contributed by atoms with Gasteiger partial charge in [0.2, 0.25) is 0 Å². The van der Waals surface area contributed by atoms with Crippen molar-refractivity contribution in [2.24, 2.45) is 5.73 Å². The van der Waals surface area contributed by atoms with Crippen LogP contribution in [-0.4, -0.2) is 31.2 Å². The number of hydrogen-bond acceptors (Lipinski definition) is 3. The van der Waals surface area contributed by atoms with Crippen LogP contribution >= 0.6 is 0 Å². The molecule has 17 heavy (non-hydrogen) atoms. The molecule has 1 aromatic carbocycles. The molecule has 0 spiro atoms. The van der Waals surface area contributed by atoms with Crippen LogP contribution in [0.25, 0.3) is 0 Å². The molecule has 3 heteroatoms. The van der Waals surface area contributed by atoms with Gasteiger partial charge in [0.15, 0.2) is 0 Å². The molecule has 1 aromatic rings. The van der Waals surface area contributed by atoms with Crippen LogP contribution < -0.4 is 5.73 Å². The fraction of sp³-hybridized carbons (Fsp3) is 0.571. The molecule has 1 unspecified atom stereocenters. The molecule has 1 atom stereocenters. The van der Waals surface area contributed by atoms with E-state index in [9.17, 15) is 0 Å². The predicted octanol–water partition coefficient (Wildman–Crippen LogP) is 1.76. The third-order valence-electron chi connectivity index (χ3n) is 3.53. The average Bonchev–Trinajstić information content (AvgIpc) is 2.39. The molecular weight excluding hydrogens is 212 g/mol. The molecule has 1 aliphatic heterocycles. The zero-order chi connectivity index (χ0) is 12.1. The molecule has 2 rings (SSSR count). The molecule has 1 heterocycles. The van der Waals surface area contributed by atoms with Crippen molar-refractivity contribution in [3.63, 3.8) is 0 Å². The standard InChI is InChI=1S/C14H22N2O/c1-17-14-7-4-8-16(11-14)10-13-6-3-2-5-12(13)9-15/h2-3,5-6,14H,4,7-11,15H2,1H3. The molecule has 0 aliphatic carbocycles. The van der Waals surface area contributed by atoms with Gasteiger partial charge in [-0.15, -0.1) is 0 Å². The fourth-order valence-corrected chi connectivity index (χ4v) is 2.50. The molecule has 0 saturated carbocycles. The van der Waals surface area contributed by atoms with Gasteiger partial charge < -0.3 is 10.5 Å². The first kappa shape index (κ1) is 12.6. The number of nitrogens with zero attached hydrogens (tertiary/aromatic N) is 1. The van der Waals surface area contributed by atoms with E-state index < -0.39 is 0 Å². The number of methoxy groups -OCH3 is 1. The third kappa shape index (κ3) is 3.28. The lowest BCUT2D eigenvalue weighted by atomic mass is 10.0. The van der Waals surface area contributed by atoms with Crippen molar-refractivity contribution < 1.29 is 4.74 Å². The first-order valence-corrected chi connectivity index (χ1v) is 6.35. The lowest BCUT2D eigenvalue weighted by Gasteiger charge is -2.32. The highest BCUT2D eigenvalue weighted by Gasteiger charge is 2.19. The van der Waals surface area contributed by atoms with E-state index in [0.717, 1.165) is 13.1 Å². The van der Waals surface area contributed by atoms with Crippen molar-refractivity contribution in [3.05, 3.63) is 35.4 Å². The second-order valence-electron chi connectivity index (χ2n) is 4.71. The van der Waals surface area contributed by atoms with Gasteiger partial charge in [-0.05, 0) is 30.5 Å². The Bertz CT molecular complexity index is 354. The van der Waals surface area contributed by atoms with E-state index in [0.29, 0.717) is 12.6 Å². The lowest BCUT2D eigenvalue weighted by molar-refractivity contribution is 0.0285. The molecule has 0 bridgehead atoms. The van der Waals surface area contributed by atoms with E-state index in [4.69, 9.17) is 10.5 Å². The zero-order valence-corrected chi connectivity index (χ0v) is 10.6. The molecule has 0 aromatic heterocycles. The number of likely N-dealkylation sites (tertiary alicyclic amines) is 1. The molecular formula is C14H22N2O. The van der Waals surface area contributed by atoms with Gasteiger partial charge in [-0.3, -0.25) is 4.90 Å². The van der Waals surface area contributed by atoms with Crippen LogP contribution in [0.15, 0.2) is 24.3 Å². The van der Waals surface area contributed by atoms with Gasteiger partial charge in [0.05, 0.1) is 6.10 Å². The van der Waals surface area contributed by atoms with Crippen LogP contribution in [0.5, 0.6) is 0 Å². The second-order valence-corrected chi connectivity index (χ2v) is 4.71. The Morgan fingerprint density at radius 2 is 2.12 bits per heavy atom. The van der Waals surface area contributed by atoms with Crippen LogP contribution in [0.4, 0.5) is 0 Å². The smallest absolute Gasteiger partial charge is 0.0698 e. The van der Waals surface area contributed by atoms with Crippen LogP contribution in [0, 0.1) is 0 Å². The first-order chi connectivity index (χ1) is 8.33. The number of benzene rings is 1.